The fourth-order valence-electron chi connectivity index (χ4n) is 4.16. The molecule has 5 heteroatoms. The van der Waals surface area contributed by atoms with E-state index in [1.54, 1.807) is 0 Å². The summed E-state index contributed by atoms with van der Waals surface area (Å²) in [5, 5.41) is 39.8. The Balaban J connectivity index is 1.60. The molecule has 6 unspecified atom stereocenters. The Morgan fingerprint density at radius 3 is 2.30 bits per heavy atom. The maximum absolute atomic E-state index is 10.4. The number of fused-ring (bicyclic) bond motifs is 1. The van der Waals surface area contributed by atoms with Crippen LogP contribution in [0, 0.1) is 0 Å². The van der Waals surface area contributed by atoms with Crippen LogP contribution in [0.25, 0.3) is 0 Å². The summed E-state index contributed by atoms with van der Waals surface area (Å²) in [5.74, 6) is 0.316. The predicted molar refractivity (Wildman–Crippen MR) is 101 cm³/mol. The average molecular weight is 370 g/mol. The van der Waals surface area contributed by atoms with E-state index in [9.17, 15) is 20.4 Å². The van der Waals surface area contributed by atoms with Crippen LogP contribution in [0.5, 0.6) is 0 Å². The topological polar surface area (TPSA) is 90.2 Å². The number of aliphatic hydroxyl groups is 4. The third kappa shape index (κ3) is 3.20. The van der Waals surface area contributed by atoms with Crippen LogP contribution in [0.2, 0.25) is 0 Å². The van der Waals surface area contributed by atoms with E-state index in [0.717, 1.165) is 18.4 Å². The van der Waals surface area contributed by atoms with Crippen LogP contribution in [0.3, 0.4) is 0 Å². The van der Waals surface area contributed by atoms with Crippen molar-refractivity contribution < 1.29 is 25.2 Å². The summed E-state index contributed by atoms with van der Waals surface area (Å²) in [6, 6.07) is 14.6. The van der Waals surface area contributed by atoms with Gasteiger partial charge in [-0.15, -0.1) is 0 Å². The number of rotatable bonds is 4. The summed E-state index contributed by atoms with van der Waals surface area (Å²) in [6.45, 7) is 1.72. The Morgan fingerprint density at radius 1 is 0.926 bits per heavy atom. The van der Waals surface area contributed by atoms with E-state index in [2.05, 4.69) is 31.2 Å². The Kier molecular flexibility index (Phi) is 5.05. The highest BCUT2D eigenvalue weighted by Gasteiger charge is 2.44. The highest BCUT2D eigenvalue weighted by atomic mass is 16.5. The van der Waals surface area contributed by atoms with Crippen LogP contribution in [0.15, 0.2) is 42.5 Å². The summed E-state index contributed by atoms with van der Waals surface area (Å²) in [5.41, 5.74) is 5.81. The van der Waals surface area contributed by atoms with Gasteiger partial charge in [0.2, 0.25) is 0 Å². The zero-order chi connectivity index (χ0) is 19.1. The summed E-state index contributed by atoms with van der Waals surface area (Å²) in [6.07, 6.45) is -3.62. The normalized spacial score (nSPS) is 32.6. The highest BCUT2D eigenvalue weighted by molar-refractivity contribution is 5.49. The fraction of sp³-hybridized carbons (Fsp3) is 0.455. The number of hydrogen-bond donors (Lipinski definition) is 4. The molecule has 0 amide bonds. The van der Waals surface area contributed by atoms with E-state index in [1.165, 1.54) is 22.3 Å². The molecular weight excluding hydrogens is 344 g/mol. The molecule has 27 heavy (non-hydrogen) atoms. The molecule has 5 nitrogen and oxygen atoms in total. The van der Waals surface area contributed by atoms with E-state index in [4.69, 9.17) is 4.74 Å². The molecule has 6 atom stereocenters. The fourth-order valence-corrected chi connectivity index (χ4v) is 4.16. The van der Waals surface area contributed by atoms with Crippen molar-refractivity contribution in [2.24, 2.45) is 0 Å². The first-order chi connectivity index (χ1) is 13.0. The van der Waals surface area contributed by atoms with Crippen LogP contribution < -0.4 is 0 Å². The lowest BCUT2D eigenvalue weighted by molar-refractivity contribution is -0.231. The molecule has 1 aliphatic carbocycles. The average Bonchev–Trinajstić information content (AvgIpc) is 2.68. The van der Waals surface area contributed by atoms with Crippen molar-refractivity contribution in [1.29, 1.82) is 0 Å². The van der Waals surface area contributed by atoms with Crippen molar-refractivity contribution >= 4 is 0 Å². The lowest BCUT2D eigenvalue weighted by Crippen LogP contribution is -2.55. The molecule has 0 saturated carbocycles. The van der Waals surface area contributed by atoms with Crippen molar-refractivity contribution in [3.63, 3.8) is 0 Å². The van der Waals surface area contributed by atoms with Crippen molar-refractivity contribution in [1.82, 2.24) is 0 Å². The largest absolute Gasteiger partial charge is 0.394 e. The summed E-state index contributed by atoms with van der Waals surface area (Å²) in [4.78, 5) is 0. The molecule has 1 aliphatic heterocycles. The van der Waals surface area contributed by atoms with Gasteiger partial charge in [0.05, 0.1) is 6.61 Å². The maximum atomic E-state index is 10.4. The van der Waals surface area contributed by atoms with Gasteiger partial charge in [-0.05, 0) is 40.7 Å². The molecule has 4 N–H and O–H groups in total. The smallest absolute Gasteiger partial charge is 0.113 e. The third-order valence-electron chi connectivity index (χ3n) is 5.98. The Morgan fingerprint density at radius 2 is 1.63 bits per heavy atom. The van der Waals surface area contributed by atoms with Gasteiger partial charge in [0.1, 0.15) is 30.5 Å². The van der Waals surface area contributed by atoms with Gasteiger partial charge >= 0.3 is 0 Å². The zero-order valence-corrected chi connectivity index (χ0v) is 15.3. The van der Waals surface area contributed by atoms with Crippen molar-refractivity contribution in [2.75, 3.05) is 6.61 Å². The van der Waals surface area contributed by atoms with Gasteiger partial charge in [-0.2, -0.15) is 0 Å². The number of benzene rings is 2. The molecule has 2 aliphatic rings. The van der Waals surface area contributed by atoms with E-state index in [1.807, 2.05) is 18.2 Å². The van der Waals surface area contributed by atoms with E-state index >= 15 is 0 Å². The van der Waals surface area contributed by atoms with Gasteiger partial charge in [0, 0.05) is 5.92 Å². The quantitative estimate of drug-likeness (QED) is 0.654. The second kappa shape index (κ2) is 7.34. The first kappa shape index (κ1) is 18.6. The van der Waals surface area contributed by atoms with Crippen molar-refractivity contribution in [3.05, 3.63) is 70.3 Å². The van der Waals surface area contributed by atoms with Gasteiger partial charge in [0.15, 0.2) is 0 Å². The Hall–Kier alpha value is -1.76. The molecule has 2 aromatic carbocycles. The monoisotopic (exact) mass is 370 g/mol. The second-order valence-corrected chi connectivity index (χ2v) is 7.56. The molecule has 1 heterocycles. The number of aryl methyl sites for hydroxylation is 1. The summed E-state index contributed by atoms with van der Waals surface area (Å²) >= 11 is 0. The first-order valence-electron chi connectivity index (χ1n) is 9.55. The molecule has 1 saturated heterocycles. The molecule has 1 fully saturated rings. The molecule has 0 spiro atoms. The minimum Gasteiger partial charge on any atom is -0.394 e. The second-order valence-electron chi connectivity index (χ2n) is 7.56. The molecule has 0 aromatic heterocycles. The summed E-state index contributed by atoms with van der Waals surface area (Å²) in [7, 11) is 0. The van der Waals surface area contributed by atoms with Crippen LogP contribution in [-0.2, 0) is 17.6 Å². The number of hydrogen-bond acceptors (Lipinski definition) is 5. The van der Waals surface area contributed by atoms with Gasteiger partial charge in [-0.1, -0.05) is 49.4 Å². The lowest BCUT2D eigenvalue weighted by Gasteiger charge is -2.41. The summed E-state index contributed by atoms with van der Waals surface area (Å²) < 4.78 is 5.70. The van der Waals surface area contributed by atoms with Crippen molar-refractivity contribution in [2.45, 2.75) is 56.2 Å². The molecule has 2 aromatic rings. The maximum Gasteiger partial charge on any atom is 0.113 e. The Labute approximate surface area is 158 Å². The molecular formula is C22H26O5. The van der Waals surface area contributed by atoms with Crippen LogP contribution >= 0.6 is 0 Å². The van der Waals surface area contributed by atoms with E-state index in [-0.39, 0.29) is 0 Å². The van der Waals surface area contributed by atoms with Gasteiger partial charge in [-0.25, -0.2) is 0 Å². The molecule has 0 radical (unpaired) electrons. The van der Waals surface area contributed by atoms with Crippen molar-refractivity contribution in [3.8, 4) is 0 Å². The lowest BCUT2D eigenvalue weighted by atomic mass is 9.72. The van der Waals surface area contributed by atoms with Gasteiger partial charge < -0.3 is 25.2 Å². The van der Waals surface area contributed by atoms with Crippen LogP contribution in [0.4, 0.5) is 0 Å². The minimum absolute atomic E-state index is 0.316. The van der Waals surface area contributed by atoms with Crippen LogP contribution in [-0.4, -0.2) is 51.4 Å². The van der Waals surface area contributed by atoms with Crippen LogP contribution in [0.1, 0.15) is 46.8 Å². The minimum atomic E-state index is -1.36. The SMILES string of the molecule is CCc1ccc(C2Cc3ccc(C4OC(CO)C(O)C(O)C4O)cc32)cc1. The predicted octanol–water partition coefficient (Wildman–Crippen LogP) is 1.45. The molecule has 144 valence electrons. The standard InChI is InChI=1S/C22H26O5/c1-2-12-3-5-13(6-4-12)16-9-14-7-8-15(10-17(14)16)22-21(26)20(25)19(24)18(11-23)27-22/h3-8,10,16,18-26H,2,9,11H2,1H3. The first-order valence-corrected chi connectivity index (χ1v) is 9.55. The van der Waals surface area contributed by atoms with Gasteiger partial charge in [0.25, 0.3) is 0 Å². The van der Waals surface area contributed by atoms with Gasteiger partial charge in [-0.3, -0.25) is 0 Å². The van der Waals surface area contributed by atoms with E-state index in [0.29, 0.717) is 5.92 Å². The zero-order valence-electron chi connectivity index (χ0n) is 15.3. The number of aliphatic hydroxyl groups excluding tert-OH is 4. The Bertz CT molecular complexity index is 801. The highest BCUT2D eigenvalue weighted by Crippen LogP contribution is 2.43. The van der Waals surface area contributed by atoms with E-state index < -0.39 is 37.1 Å². The molecule has 4 rings (SSSR count). The molecule has 0 bridgehead atoms. The third-order valence-corrected chi connectivity index (χ3v) is 5.98. The number of ether oxygens (including phenoxy) is 1.